The Balaban J connectivity index is 2.05. The first-order valence-corrected chi connectivity index (χ1v) is 6.88. The van der Waals surface area contributed by atoms with E-state index in [4.69, 9.17) is 0 Å². The Morgan fingerprint density at radius 2 is 2.00 bits per heavy atom. The predicted molar refractivity (Wildman–Crippen MR) is 84.3 cm³/mol. The molecule has 0 spiro atoms. The van der Waals surface area contributed by atoms with Crippen LogP contribution >= 0.6 is 15.9 Å². The molecule has 0 aliphatic heterocycles. The van der Waals surface area contributed by atoms with Gasteiger partial charge in [0.25, 0.3) is 0 Å². The van der Waals surface area contributed by atoms with E-state index < -0.39 is 0 Å². The summed E-state index contributed by atoms with van der Waals surface area (Å²) in [5.41, 5.74) is 1.90. The number of nitrogens with zero attached hydrogens (tertiary/aromatic N) is 3. The molecule has 2 aromatic heterocycles. The summed E-state index contributed by atoms with van der Waals surface area (Å²) in [6, 6.07) is 9.89. The van der Waals surface area contributed by atoms with Crippen LogP contribution in [0.25, 0.3) is 10.9 Å². The lowest BCUT2D eigenvalue weighted by Crippen LogP contribution is -2.01. The maximum Gasteiger partial charge on any atom is 0.224 e. The van der Waals surface area contributed by atoms with E-state index >= 15 is 0 Å². The molecule has 3 aromatic rings. The van der Waals surface area contributed by atoms with Gasteiger partial charge in [-0.3, -0.25) is 4.98 Å². The van der Waals surface area contributed by atoms with Gasteiger partial charge in [0.2, 0.25) is 5.95 Å². The fourth-order valence-electron chi connectivity index (χ4n) is 1.92. The number of anilines is 3. The highest BCUT2D eigenvalue weighted by molar-refractivity contribution is 9.10. The molecule has 0 aliphatic rings. The molecule has 0 unspecified atom stereocenters. The Labute approximate surface area is 124 Å². The Kier molecular flexibility index (Phi) is 3.47. The topological polar surface area (TPSA) is 62.7 Å². The van der Waals surface area contributed by atoms with E-state index in [0.29, 0.717) is 11.8 Å². The minimum Gasteiger partial charge on any atom is -0.357 e. The first-order valence-electron chi connectivity index (χ1n) is 6.09. The number of rotatable bonds is 3. The van der Waals surface area contributed by atoms with Crippen LogP contribution < -0.4 is 10.6 Å². The second-order valence-corrected chi connectivity index (χ2v) is 5.00. The number of halogens is 1. The number of hydrogen-bond donors (Lipinski definition) is 2. The molecule has 0 saturated heterocycles. The van der Waals surface area contributed by atoms with Crippen molar-refractivity contribution in [3.05, 3.63) is 47.2 Å². The van der Waals surface area contributed by atoms with Gasteiger partial charge in [0.05, 0.1) is 9.99 Å². The van der Waals surface area contributed by atoms with Crippen molar-refractivity contribution in [1.29, 1.82) is 0 Å². The highest BCUT2D eigenvalue weighted by Gasteiger charge is 2.07. The van der Waals surface area contributed by atoms with Gasteiger partial charge in [-0.1, -0.05) is 6.07 Å². The van der Waals surface area contributed by atoms with Crippen molar-refractivity contribution in [2.45, 2.75) is 0 Å². The number of pyridine rings is 1. The van der Waals surface area contributed by atoms with Crippen molar-refractivity contribution in [2.75, 3.05) is 17.7 Å². The number of aromatic nitrogens is 3. The number of benzene rings is 1. The lowest BCUT2D eigenvalue weighted by molar-refractivity contribution is 1.14. The maximum absolute atomic E-state index is 4.39. The Morgan fingerprint density at radius 3 is 2.85 bits per heavy atom. The Bertz CT molecular complexity index is 754. The average Bonchev–Trinajstić information content (AvgIpc) is 2.50. The number of fused-ring (bicyclic) bond motifs is 1. The molecule has 0 bridgehead atoms. The van der Waals surface area contributed by atoms with E-state index in [0.717, 1.165) is 21.1 Å². The van der Waals surface area contributed by atoms with Crippen molar-refractivity contribution < 1.29 is 0 Å². The van der Waals surface area contributed by atoms with Gasteiger partial charge in [-0.2, -0.15) is 4.98 Å². The van der Waals surface area contributed by atoms with E-state index in [9.17, 15) is 0 Å². The molecule has 2 heterocycles. The summed E-state index contributed by atoms with van der Waals surface area (Å²) in [7, 11) is 1.79. The van der Waals surface area contributed by atoms with Gasteiger partial charge in [0.1, 0.15) is 5.82 Å². The molecule has 0 fully saturated rings. The summed E-state index contributed by atoms with van der Waals surface area (Å²) in [6.45, 7) is 0. The zero-order chi connectivity index (χ0) is 13.9. The normalized spacial score (nSPS) is 10.5. The standard InChI is InChI=1S/C14H12BrN5/c1-16-14-18-8-10(15)13(20-14)19-12-6-2-5-11-9(12)4-3-7-17-11/h2-8H,1H3,(H2,16,18,19,20). The minimum absolute atomic E-state index is 0.564. The fourth-order valence-corrected chi connectivity index (χ4v) is 2.21. The Morgan fingerprint density at radius 1 is 1.10 bits per heavy atom. The zero-order valence-corrected chi connectivity index (χ0v) is 12.3. The van der Waals surface area contributed by atoms with Gasteiger partial charge in [0.15, 0.2) is 0 Å². The molecular formula is C14H12BrN5. The fraction of sp³-hybridized carbons (Fsp3) is 0.0714. The summed E-state index contributed by atoms with van der Waals surface area (Å²) < 4.78 is 0.803. The molecular weight excluding hydrogens is 318 g/mol. The third kappa shape index (κ3) is 2.42. The van der Waals surface area contributed by atoms with E-state index in [2.05, 4.69) is 41.5 Å². The number of nitrogens with one attached hydrogen (secondary N) is 2. The van der Waals surface area contributed by atoms with E-state index in [1.54, 1.807) is 19.4 Å². The van der Waals surface area contributed by atoms with Crippen LogP contribution in [0.15, 0.2) is 47.2 Å². The largest absolute Gasteiger partial charge is 0.357 e. The van der Waals surface area contributed by atoms with Gasteiger partial charge >= 0.3 is 0 Å². The second-order valence-electron chi connectivity index (χ2n) is 4.14. The summed E-state index contributed by atoms with van der Waals surface area (Å²) in [5, 5.41) is 7.28. The van der Waals surface area contributed by atoms with E-state index in [1.807, 2.05) is 30.3 Å². The molecule has 1 aromatic carbocycles. The van der Waals surface area contributed by atoms with Crippen LogP contribution in [0.5, 0.6) is 0 Å². The van der Waals surface area contributed by atoms with Gasteiger partial charge in [0, 0.05) is 30.5 Å². The summed E-state index contributed by atoms with van der Waals surface area (Å²) in [4.78, 5) is 12.9. The van der Waals surface area contributed by atoms with E-state index in [1.165, 1.54) is 0 Å². The van der Waals surface area contributed by atoms with Crippen LogP contribution in [-0.4, -0.2) is 22.0 Å². The lowest BCUT2D eigenvalue weighted by atomic mass is 10.2. The van der Waals surface area contributed by atoms with Crippen LogP contribution in [0, 0.1) is 0 Å². The summed E-state index contributed by atoms with van der Waals surface area (Å²) >= 11 is 3.45. The van der Waals surface area contributed by atoms with Crippen LogP contribution in [0.3, 0.4) is 0 Å². The third-order valence-corrected chi connectivity index (χ3v) is 3.45. The second kappa shape index (κ2) is 5.42. The third-order valence-electron chi connectivity index (χ3n) is 2.87. The smallest absolute Gasteiger partial charge is 0.224 e. The SMILES string of the molecule is CNc1ncc(Br)c(Nc2cccc3ncccc23)n1. The predicted octanol–water partition coefficient (Wildman–Crippen LogP) is 3.57. The van der Waals surface area contributed by atoms with Crippen LogP contribution in [0.4, 0.5) is 17.5 Å². The zero-order valence-electron chi connectivity index (χ0n) is 10.8. The molecule has 0 atom stereocenters. The van der Waals surface area contributed by atoms with Crippen molar-refractivity contribution >= 4 is 44.3 Å². The highest BCUT2D eigenvalue weighted by Crippen LogP contribution is 2.28. The minimum atomic E-state index is 0.564. The molecule has 6 heteroatoms. The Hall–Kier alpha value is -2.21. The van der Waals surface area contributed by atoms with Crippen LogP contribution in [0.2, 0.25) is 0 Å². The van der Waals surface area contributed by atoms with Gasteiger partial charge in [-0.05, 0) is 40.2 Å². The molecule has 3 rings (SSSR count). The molecule has 0 radical (unpaired) electrons. The van der Waals surface area contributed by atoms with Crippen molar-refractivity contribution in [3.8, 4) is 0 Å². The maximum atomic E-state index is 4.39. The van der Waals surface area contributed by atoms with Crippen molar-refractivity contribution in [1.82, 2.24) is 15.0 Å². The average molecular weight is 330 g/mol. The number of hydrogen-bond acceptors (Lipinski definition) is 5. The summed E-state index contributed by atoms with van der Waals surface area (Å²) in [5.74, 6) is 1.27. The van der Waals surface area contributed by atoms with Crippen molar-refractivity contribution in [2.24, 2.45) is 0 Å². The van der Waals surface area contributed by atoms with Crippen LogP contribution in [-0.2, 0) is 0 Å². The van der Waals surface area contributed by atoms with Crippen molar-refractivity contribution in [3.63, 3.8) is 0 Å². The molecule has 100 valence electrons. The molecule has 5 nitrogen and oxygen atoms in total. The quantitative estimate of drug-likeness (QED) is 0.769. The van der Waals surface area contributed by atoms with Crippen LogP contribution in [0.1, 0.15) is 0 Å². The highest BCUT2D eigenvalue weighted by atomic mass is 79.9. The van der Waals surface area contributed by atoms with Gasteiger partial charge in [-0.25, -0.2) is 4.98 Å². The lowest BCUT2D eigenvalue weighted by Gasteiger charge is -2.10. The van der Waals surface area contributed by atoms with Gasteiger partial charge < -0.3 is 10.6 Å². The molecule has 0 aliphatic carbocycles. The molecule has 0 saturated carbocycles. The first-order chi connectivity index (χ1) is 9.78. The summed E-state index contributed by atoms with van der Waals surface area (Å²) in [6.07, 6.45) is 3.50. The molecule has 0 amide bonds. The van der Waals surface area contributed by atoms with E-state index in [-0.39, 0.29) is 0 Å². The first kappa shape index (κ1) is 12.8. The molecule has 2 N–H and O–H groups in total. The van der Waals surface area contributed by atoms with Gasteiger partial charge in [-0.15, -0.1) is 0 Å². The monoisotopic (exact) mass is 329 g/mol. The molecule has 20 heavy (non-hydrogen) atoms.